The molecule has 3 N–H and O–H groups in total. The number of carbonyl (C=O) groups is 2. The van der Waals surface area contributed by atoms with E-state index in [9.17, 15) is 9.59 Å². The van der Waals surface area contributed by atoms with Gasteiger partial charge in [0.05, 0.1) is 12.1 Å². The summed E-state index contributed by atoms with van der Waals surface area (Å²) in [6.45, 7) is 0. The molecule has 27 heavy (non-hydrogen) atoms. The number of rotatable bonds is 5. The largest absolute Gasteiger partial charge is 0.326 e. The molecule has 0 aliphatic rings. The molecule has 1 heterocycles. The molecule has 0 radical (unpaired) electrons. The van der Waals surface area contributed by atoms with Crippen LogP contribution in [0.4, 0.5) is 21.3 Å². The maximum Gasteiger partial charge on any atom is 0.325 e. The van der Waals surface area contributed by atoms with Gasteiger partial charge >= 0.3 is 6.03 Å². The van der Waals surface area contributed by atoms with Crippen molar-refractivity contribution >= 4 is 67.3 Å². The van der Waals surface area contributed by atoms with E-state index in [0.717, 1.165) is 4.47 Å². The first-order chi connectivity index (χ1) is 13.0. The zero-order valence-electron chi connectivity index (χ0n) is 13.8. The van der Waals surface area contributed by atoms with Gasteiger partial charge in [0, 0.05) is 26.3 Å². The van der Waals surface area contributed by atoms with Gasteiger partial charge in [-0.25, -0.2) is 9.78 Å². The van der Waals surface area contributed by atoms with Crippen molar-refractivity contribution in [3.8, 4) is 0 Å². The van der Waals surface area contributed by atoms with Crippen molar-refractivity contribution in [3.63, 3.8) is 0 Å². The number of nitrogens with one attached hydrogen (secondary N) is 3. The second kappa shape index (κ2) is 8.98. The molecule has 1 aromatic heterocycles. The smallest absolute Gasteiger partial charge is 0.325 e. The molecule has 3 aromatic rings. The highest BCUT2D eigenvalue weighted by atomic mass is 79.9. The van der Waals surface area contributed by atoms with E-state index in [4.69, 9.17) is 11.6 Å². The van der Waals surface area contributed by atoms with Crippen molar-refractivity contribution in [2.45, 2.75) is 6.42 Å². The molecule has 2 aromatic carbocycles. The molecule has 0 atom stereocenters. The van der Waals surface area contributed by atoms with Gasteiger partial charge in [-0.3, -0.25) is 10.1 Å². The number of nitrogens with zero attached hydrogens (tertiary/aromatic N) is 1. The molecule has 0 spiro atoms. The second-order valence-electron chi connectivity index (χ2n) is 5.46. The summed E-state index contributed by atoms with van der Waals surface area (Å²) in [4.78, 5) is 28.4. The summed E-state index contributed by atoms with van der Waals surface area (Å²) in [6, 6.07) is 13.6. The Morgan fingerprint density at radius 1 is 0.963 bits per heavy atom. The maximum absolute atomic E-state index is 12.1. The van der Waals surface area contributed by atoms with Crippen molar-refractivity contribution < 1.29 is 9.59 Å². The number of carbonyl (C=O) groups excluding carboxylic acids is 2. The van der Waals surface area contributed by atoms with Crippen LogP contribution in [0, 0.1) is 0 Å². The van der Waals surface area contributed by atoms with E-state index in [1.165, 1.54) is 11.3 Å². The Labute approximate surface area is 173 Å². The van der Waals surface area contributed by atoms with E-state index in [0.29, 0.717) is 27.2 Å². The van der Waals surface area contributed by atoms with Gasteiger partial charge in [0.25, 0.3) is 0 Å². The molecule has 9 heteroatoms. The minimum absolute atomic E-state index is 0.118. The average molecular weight is 466 g/mol. The quantitative estimate of drug-likeness (QED) is 0.473. The van der Waals surface area contributed by atoms with Crippen molar-refractivity contribution in [2.75, 3.05) is 16.0 Å². The van der Waals surface area contributed by atoms with E-state index in [1.807, 2.05) is 12.1 Å². The van der Waals surface area contributed by atoms with Crippen LogP contribution in [0.1, 0.15) is 5.69 Å². The number of urea groups is 1. The van der Waals surface area contributed by atoms with Gasteiger partial charge in [0.15, 0.2) is 5.13 Å². The molecule has 0 aliphatic carbocycles. The number of halogens is 2. The van der Waals surface area contributed by atoms with Crippen LogP contribution in [0.15, 0.2) is 58.4 Å². The van der Waals surface area contributed by atoms with Crippen LogP contribution in [0.5, 0.6) is 0 Å². The zero-order chi connectivity index (χ0) is 19.2. The number of benzene rings is 2. The average Bonchev–Trinajstić information content (AvgIpc) is 3.05. The lowest BCUT2D eigenvalue weighted by molar-refractivity contribution is -0.115. The number of hydrogen-bond donors (Lipinski definition) is 3. The summed E-state index contributed by atoms with van der Waals surface area (Å²) in [6.07, 6.45) is 0.118. The number of anilines is 3. The van der Waals surface area contributed by atoms with Crippen LogP contribution >= 0.6 is 38.9 Å². The summed E-state index contributed by atoms with van der Waals surface area (Å²) >= 11 is 10.4. The third kappa shape index (κ3) is 6.06. The van der Waals surface area contributed by atoms with Gasteiger partial charge in [-0.15, -0.1) is 11.3 Å². The fraction of sp³-hybridized carbons (Fsp3) is 0.0556. The predicted octanol–water partition coefficient (Wildman–Crippen LogP) is 5.38. The molecule has 3 rings (SSSR count). The molecule has 6 nitrogen and oxygen atoms in total. The molecule has 0 unspecified atom stereocenters. The Kier molecular flexibility index (Phi) is 6.44. The lowest BCUT2D eigenvalue weighted by Crippen LogP contribution is -2.19. The summed E-state index contributed by atoms with van der Waals surface area (Å²) in [5.41, 5.74) is 1.90. The second-order valence-corrected chi connectivity index (χ2v) is 7.67. The molecule has 0 aliphatic heterocycles. The number of aromatic nitrogens is 1. The summed E-state index contributed by atoms with van der Waals surface area (Å²) < 4.78 is 0.938. The standard InChI is InChI=1S/C18H14BrClN4O2S/c19-11-1-5-13(6-2-11)21-16(25)9-15-10-27-18(23-15)24-17(26)22-14-7-3-12(20)4-8-14/h1-8,10H,9H2,(H,21,25)(H2,22,23,24,26). The molecular weight excluding hydrogens is 452 g/mol. The first-order valence-electron chi connectivity index (χ1n) is 7.81. The van der Waals surface area contributed by atoms with Crippen molar-refractivity contribution in [3.05, 3.63) is 69.1 Å². The first kappa shape index (κ1) is 19.3. The SMILES string of the molecule is O=C(Cc1csc(NC(=O)Nc2ccc(Cl)cc2)n1)Nc1ccc(Br)cc1. The molecular formula is C18H14BrClN4O2S. The molecule has 138 valence electrons. The van der Waals surface area contributed by atoms with Crippen LogP contribution < -0.4 is 16.0 Å². The van der Waals surface area contributed by atoms with Crippen LogP contribution in [-0.2, 0) is 11.2 Å². The number of hydrogen-bond acceptors (Lipinski definition) is 4. The fourth-order valence-corrected chi connectivity index (χ4v) is 3.24. The highest BCUT2D eigenvalue weighted by molar-refractivity contribution is 9.10. The topological polar surface area (TPSA) is 83.1 Å². The van der Waals surface area contributed by atoms with E-state index in [2.05, 4.69) is 36.9 Å². The molecule has 0 saturated heterocycles. The lowest BCUT2D eigenvalue weighted by Gasteiger charge is -2.05. The summed E-state index contributed by atoms with van der Waals surface area (Å²) in [7, 11) is 0. The molecule has 0 bridgehead atoms. The fourth-order valence-electron chi connectivity index (χ4n) is 2.14. The lowest BCUT2D eigenvalue weighted by atomic mass is 10.3. The summed E-state index contributed by atoms with van der Waals surface area (Å²) in [5, 5.41) is 10.9. The van der Waals surface area contributed by atoms with Crippen molar-refractivity contribution in [2.24, 2.45) is 0 Å². The highest BCUT2D eigenvalue weighted by Crippen LogP contribution is 2.18. The van der Waals surface area contributed by atoms with E-state index in [1.54, 1.807) is 41.8 Å². The van der Waals surface area contributed by atoms with Gasteiger partial charge < -0.3 is 10.6 Å². The number of thiazole rings is 1. The van der Waals surface area contributed by atoms with Crippen LogP contribution in [0.2, 0.25) is 5.02 Å². The summed E-state index contributed by atoms with van der Waals surface area (Å²) in [5.74, 6) is -0.181. The van der Waals surface area contributed by atoms with Gasteiger partial charge in [0.2, 0.25) is 5.91 Å². The zero-order valence-corrected chi connectivity index (χ0v) is 17.0. The van der Waals surface area contributed by atoms with Gasteiger partial charge in [-0.1, -0.05) is 27.5 Å². The minimum atomic E-state index is -0.419. The Balaban J connectivity index is 1.51. The van der Waals surface area contributed by atoms with E-state index >= 15 is 0 Å². The molecule has 0 fully saturated rings. The van der Waals surface area contributed by atoms with Crippen LogP contribution in [-0.4, -0.2) is 16.9 Å². The molecule has 0 saturated carbocycles. The predicted molar refractivity (Wildman–Crippen MR) is 113 cm³/mol. The van der Waals surface area contributed by atoms with Crippen LogP contribution in [0.3, 0.4) is 0 Å². The Morgan fingerprint density at radius 3 is 2.30 bits per heavy atom. The van der Waals surface area contributed by atoms with Gasteiger partial charge in [-0.2, -0.15) is 0 Å². The van der Waals surface area contributed by atoms with Crippen molar-refractivity contribution in [1.82, 2.24) is 4.98 Å². The molecule has 3 amide bonds. The Bertz CT molecular complexity index is 869. The Morgan fingerprint density at radius 2 is 1.59 bits per heavy atom. The van der Waals surface area contributed by atoms with Crippen LogP contribution in [0.25, 0.3) is 0 Å². The van der Waals surface area contributed by atoms with Gasteiger partial charge in [0.1, 0.15) is 0 Å². The third-order valence-corrected chi connectivity index (χ3v) is 4.93. The van der Waals surface area contributed by atoms with Crippen molar-refractivity contribution in [1.29, 1.82) is 0 Å². The van der Waals surface area contributed by atoms with Gasteiger partial charge in [-0.05, 0) is 48.5 Å². The Hall–Kier alpha value is -2.42. The third-order valence-electron chi connectivity index (χ3n) is 3.34. The van der Waals surface area contributed by atoms with E-state index < -0.39 is 6.03 Å². The number of amides is 3. The first-order valence-corrected chi connectivity index (χ1v) is 9.86. The monoisotopic (exact) mass is 464 g/mol. The highest BCUT2D eigenvalue weighted by Gasteiger charge is 2.10. The van der Waals surface area contributed by atoms with E-state index in [-0.39, 0.29) is 12.3 Å². The normalized spacial score (nSPS) is 10.3. The minimum Gasteiger partial charge on any atom is -0.326 e. The maximum atomic E-state index is 12.1.